The molecular formula is C18H27N3O4S. The number of benzene rings is 1. The van der Waals surface area contributed by atoms with E-state index in [2.05, 4.69) is 24.1 Å². The molecule has 1 aliphatic rings. The zero-order valence-corrected chi connectivity index (χ0v) is 16.8. The SMILES string of the molecule is CSc1ccc(C(=O)NCC(C)(C)N2CC(C)OC(C)C2)cc1[N+](=O)[O-]. The van der Waals surface area contributed by atoms with Crippen LogP contribution in [0.5, 0.6) is 0 Å². The van der Waals surface area contributed by atoms with Gasteiger partial charge in [0.1, 0.15) is 0 Å². The lowest BCUT2D eigenvalue weighted by atomic mass is 10.00. The third kappa shape index (κ3) is 4.96. The minimum Gasteiger partial charge on any atom is -0.373 e. The molecule has 2 rings (SSSR count). The van der Waals surface area contributed by atoms with Crippen molar-refractivity contribution in [3.05, 3.63) is 33.9 Å². The summed E-state index contributed by atoms with van der Waals surface area (Å²) in [5, 5.41) is 14.1. The van der Waals surface area contributed by atoms with Gasteiger partial charge in [-0.05, 0) is 46.1 Å². The van der Waals surface area contributed by atoms with Crippen molar-refractivity contribution in [2.45, 2.75) is 50.3 Å². The largest absolute Gasteiger partial charge is 0.373 e. The summed E-state index contributed by atoms with van der Waals surface area (Å²) in [6.07, 6.45) is 2.07. The summed E-state index contributed by atoms with van der Waals surface area (Å²) < 4.78 is 5.77. The van der Waals surface area contributed by atoms with Crippen molar-refractivity contribution in [2.75, 3.05) is 25.9 Å². The maximum absolute atomic E-state index is 12.5. The summed E-state index contributed by atoms with van der Waals surface area (Å²) in [4.78, 5) is 26.1. The van der Waals surface area contributed by atoms with Crippen molar-refractivity contribution in [2.24, 2.45) is 0 Å². The van der Waals surface area contributed by atoms with Gasteiger partial charge in [0.15, 0.2) is 0 Å². The number of ether oxygens (including phenoxy) is 1. The molecule has 1 aromatic rings. The molecular weight excluding hydrogens is 354 g/mol. The fraction of sp³-hybridized carbons (Fsp3) is 0.611. The van der Waals surface area contributed by atoms with Gasteiger partial charge in [-0.1, -0.05) is 0 Å². The second-order valence-corrected chi connectivity index (χ2v) is 8.15. The molecule has 1 fully saturated rings. The minimum atomic E-state index is -0.455. The zero-order chi connectivity index (χ0) is 19.5. The summed E-state index contributed by atoms with van der Waals surface area (Å²) in [6, 6.07) is 4.58. The second-order valence-electron chi connectivity index (χ2n) is 7.30. The second kappa shape index (κ2) is 8.37. The first-order valence-corrected chi connectivity index (χ1v) is 9.87. The number of hydrogen-bond acceptors (Lipinski definition) is 6. The maximum atomic E-state index is 12.5. The van der Waals surface area contributed by atoms with Crippen molar-refractivity contribution < 1.29 is 14.5 Å². The molecule has 1 aromatic carbocycles. The molecule has 144 valence electrons. The van der Waals surface area contributed by atoms with E-state index in [0.717, 1.165) is 13.1 Å². The number of amides is 1. The van der Waals surface area contributed by atoms with Gasteiger partial charge < -0.3 is 10.1 Å². The molecule has 8 heteroatoms. The van der Waals surface area contributed by atoms with E-state index in [9.17, 15) is 14.9 Å². The van der Waals surface area contributed by atoms with Crippen LogP contribution in [0.4, 0.5) is 5.69 Å². The van der Waals surface area contributed by atoms with E-state index in [1.165, 1.54) is 17.8 Å². The fourth-order valence-electron chi connectivity index (χ4n) is 3.16. The van der Waals surface area contributed by atoms with Crippen molar-refractivity contribution in [1.82, 2.24) is 10.2 Å². The number of nitro groups is 1. The molecule has 1 aliphatic heterocycles. The monoisotopic (exact) mass is 381 g/mol. The van der Waals surface area contributed by atoms with Gasteiger partial charge >= 0.3 is 0 Å². The Morgan fingerprint density at radius 2 is 2.00 bits per heavy atom. The Labute approximate surface area is 158 Å². The highest BCUT2D eigenvalue weighted by Crippen LogP contribution is 2.28. The van der Waals surface area contributed by atoms with E-state index in [0.29, 0.717) is 17.0 Å². The number of morpholine rings is 1. The molecule has 1 heterocycles. The minimum absolute atomic E-state index is 0.0414. The van der Waals surface area contributed by atoms with E-state index in [1.54, 1.807) is 18.4 Å². The van der Waals surface area contributed by atoms with E-state index in [-0.39, 0.29) is 29.3 Å². The average Bonchev–Trinajstić information content (AvgIpc) is 2.58. The Balaban J connectivity index is 2.05. The Morgan fingerprint density at radius 1 is 1.38 bits per heavy atom. The van der Waals surface area contributed by atoms with Gasteiger partial charge in [-0.25, -0.2) is 0 Å². The molecule has 1 amide bonds. The number of hydrogen-bond donors (Lipinski definition) is 1. The summed E-state index contributed by atoms with van der Waals surface area (Å²) in [5.74, 6) is -0.303. The molecule has 0 saturated carbocycles. The molecule has 0 radical (unpaired) electrons. The smallest absolute Gasteiger partial charge is 0.283 e. The van der Waals surface area contributed by atoms with Gasteiger partial charge in [0.05, 0.1) is 22.0 Å². The van der Waals surface area contributed by atoms with Gasteiger partial charge in [0.2, 0.25) is 0 Å². The number of nitro benzene ring substituents is 1. The number of carbonyl (C=O) groups is 1. The molecule has 0 aromatic heterocycles. The van der Waals surface area contributed by atoms with Crippen LogP contribution in [0.1, 0.15) is 38.1 Å². The molecule has 2 atom stereocenters. The Hall–Kier alpha value is -1.64. The van der Waals surface area contributed by atoms with Crippen LogP contribution < -0.4 is 5.32 Å². The van der Waals surface area contributed by atoms with E-state index in [4.69, 9.17) is 4.74 Å². The standard InChI is InChI=1S/C18H27N3O4S/c1-12-9-20(10-13(2)25-12)18(3,4)11-19-17(22)14-6-7-16(26-5)15(8-14)21(23)24/h6-8,12-13H,9-11H2,1-5H3,(H,19,22). The highest BCUT2D eigenvalue weighted by molar-refractivity contribution is 7.98. The lowest BCUT2D eigenvalue weighted by Crippen LogP contribution is -2.58. The Kier molecular flexibility index (Phi) is 6.65. The number of nitrogens with one attached hydrogen (secondary N) is 1. The van der Waals surface area contributed by atoms with Crippen molar-refractivity contribution in [3.8, 4) is 0 Å². The molecule has 26 heavy (non-hydrogen) atoms. The van der Waals surface area contributed by atoms with Crippen molar-refractivity contribution in [3.63, 3.8) is 0 Å². The first kappa shape index (κ1) is 20.7. The van der Waals surface area contributed by atoms with E-state index >= 15 is 0 Å². The van der Waals surface area contributed by atoms with Crippen LogP contribution in [-0.2, 0) is 4.74 Å². The van der Waals surface area contributed by atoms with Gasteiger partial charge in [-0.15, -0.1) is 11.8 Å². The first-order valence-electron chi connectivity index (χ1n) is 8.65. The molecule has 0 spiro atoms. The quantitative estimate of drug-likeness (QED) is 0.463. The third-order valence-electron chi connectivity index (χ3n) is 4.59. The lowest BCUT2D eigenvalue weighted by Gasteiger charge is -2.45. The highest BCUT2D eigenvalue weighted by Gasteiger charge is 2.33. The summed E-state index contributed by atoms with van der Waals surface area (Å²) in [7, 11) is 0. The van der Waals surface area contributed by atoms with Crippen LogP contribution in [0.15, 0.2) is 23.1 Å². The molecule has 0 aliphatic carbocycles. The number of nitrogens with zero attached hydrogens (tertiary/aromatic N) is 2. The van der Waals surface area contributed by atoms with Crippen LogP contribution in [0.25, 0.3) is 0 Å². The molecule has 7 nitrogen and oxygen atoms in total. The number of thioether (sulfide) groups is 1. The topological polar surface area (TPSA) is 84.7 Å². The predicted octanol–water partition coefficient (Wildman–Crippen LogP) is 2.93. The van der Waals surface area contributed by atoms with Gasteiger partial charge in [-0.3, -0.25) is 19.8 Å². The number of carbonyl (C=O) groups excluding carboxylic acids is 1. The third-order valence-corrected chi connectivity index (χ3v) is 5.38. The number of rotatable bonds is 6. The van der Waals surface area contributed by atoms with Crippen LogP contribution in [-0.4, -0.2) is 59.4 Å². The van der Waals surface area contributed by atoms with Gasteiger partial charge in [0, 0.05) is 36.8 Å². The Bertz CT molecular complexity index is 670. The van der Waals surface area contributed by atoms with Crippen molar-refractivity contribution >= 4 is 23.4 Å². The normalized spacial score (nSPS) is 21.4. The van der Waals surface area contributed by atoms with Gasteiger partial charge in [-0.2, -0.15) is 0 Å². The van der Waals surface area contributed by atoms with Crippen LogP contribution in [0.2, 0.25) is 0 Å². The Morgan fingerprint density at radius 3 is 2.54 bits per heavy atom. The lowest BCUT2D eigenvalue weighted by molar-refractivity contribution is -0.387. The van der Waals surface area contributed by atoms with Crippen molar-refractivity contribution in [1.29, 1.82) is 0 Å². The van der Waals surface area contributed by atoms with Crippen LogP contribution >= 0.6 is 11.8 Å². The average molecular weight is 381 g/mol. The fourth-order valence-corrected chi connectivity index (χ4v) is 3.70. The highest BCUT2D eigenvalue weighted by atomic mass is 32.2. The summed E-state index contributed by atoms with van der Waals surface area (Å²) in [5.41, 5.74) is 0.0156. The first-order chi connectivity index (χ1) is 12.1. The molecule has 2 unspecified atom stereocenters. The van der Waals surface area contributed by atoms with Crippen LogP contribution in [0.3, 0.4) is 0 Å². The molecule has 1 saturated heterocycles. The molecule has 1 N–H and O–H groups in total. The van der Waals surface area contributed by atoms with Gasteiger partial charge in [0.25, 0.3) is 11.6 Å². The van der Waals surface area contributed by atoms with E-state index in [1.807, 2.05) is 13.8 Å². The predicted molar refractivity (Wildman–Crippen MR) is 103 cm³/mol. The molecule has 0 bridgehead atoms. The summed E-state index contributed by atoms with van der Waals surface area (Å²) >= 11 is 1.29. The maximum Gasteiger partial charge on any atom is 0.283 e. The zero-order valence-electron chi connectivity index (χ0n) is 15.9. The van der Waals surface area contributed by atoms with E-state index < -0.39 is 4.92 Å². The van der Waals surface area contributed by atoms with Crippen LogP contribution in [0, 0.1) is 10.1 Å². The summed E-state index contributed by atoms with van der Waals surface area (Å²) in [6.45, 7) is 10.3.